The van der Waals surface area contributed by atoms with E-state index in [-0.39, 0.29) is 11.9 Å². The third-order valence-corrected chi connectivity index (χ3v) is 6.27. The average Bonchev–Trinajstić information content (AvgIpc) is 3.52. The maximum absolute atomic E-state index is 11.2. The van der Waals surface area contributed by atoms with E-state index in [9.17, 15) is 4.79 Å². The fraction of sp³-hybridized carbons (Fsp3) is 0.458. The number of carbonyl (C=O) groups excluding carboxylic acids is 1. The van der Waals surface area contributed by atoms with Crippen LogP contribution < -0.4 is 10.1 Å². The van der Waals surface area contributed by atoms with Gasteiger partial charge >= 0.3 is 0 Å². The number of carbonyl (C=O) groups is 1. The molecule has 1 saturated carbocycles. The highest BCUT2D eigenvalue weighted by atomic mass is 35.5. The number of nitrogens with one attached hydrogen (secondary N) is 1. The number of halogens is 1. The second-order valence-corrected chi connectivity index (χ2v) is 8.77. The molecule has 2 aliphatic rings. The summed E-state index contributed by atoms with van der Waals surface area (Å²) < 4.78 is 5.93. The van der Waals surface area contributed by atoms with Crippen LogP contribution in [-0.4, -0.2) is 24.0 Å². The molecule has 2 aromatic rings. The van der Waals surface area contributed by atoms with Crippen LogP contribution in [0.3, 0.4) is 0 Å². The lowest BCUT2D eigenvalue weighted by atomic mass is 9.98. The van der Waals surface area contributed by atoms with Gasteiger partial charge in [0.25, 0.3) is 0 Å². The third-order valence-electron chi connectivity index (χ3n) is 5.85. The Kier molecular flexibility index (Phi) is 6.12. The van der Waals surface area contributed by atoms with Gasteiger partial charge in [0.1, 0.15) is 5.75 Å². The van der Waals surface area contributed by atoms with Gasteiger partial charge < -0.3 is 10.1 Å². The van der Waals surface area contributed by atoms with Crippen molar-refractivity contribution in [3.8, 4) is 5.75 Å². The van der Waals surface area contributed by atoms with E-state index < -0.39 is 0 Å². The average molecular weight is 413 g/mol. The molecule has 0 bridgehead atoms. The van der Waals surface area contributed by atoms with Gasteiger partial charge in [-0.25, -0.2) is 0 Å². The van der Waals surface area contributed by atoms with Gasteiger partial charge in [0, 0.05) is 26.6 Å². The summed E-state index contributed by atoms with van der Waals surface area (Å²) >= 11 is 6.65. The molecule has 1 atom stereocenters. The molecular weight excluding hydrogens is 384 g/mol. The van der Waals surface area contributed by atoms with E-state index in [1.165, 1.54) is 29.5 Å². The predicted octanol–water partition coefficient (Wildman–Crippen LogP) is 4.88. The SMILES string of the molecule is CC(=O)NC(C)c1ccc(CN2CCc3c(ccc(OCC4CC4)c3Cl)C2)cc1. The summed E-state index contributed by atoms with van der Waals surface area (Å²) in [6.07, 6.45) is 3.52. The van der Waals surface area contributed by atoms with Gasteiger partial charge in [0.15, 0.2) is 0 Å². The fourth-order valence-corrected chi connectivity index (χ4v) is 4.28. The van der Waals surface area contributed by atoms with Crippen molar-refractivity contribution < 1.29 is 9.53 Å². The quantitative estimate of drug-likeness (QED) is 0.704. The highest BCUT2D eigenvalue weighted by Gasteiger charge is 2.24. The van der Waals surface area contributed by atoms with E-state index in [1.54, 1.807) is 6.92 Å². The number of amides is 1. The molecule has 154 valence electrons. The largest absolute Gasteiger partial charge is 0.492 e. The Morgan fingerprint density at radius 1 is 1.24 bits per heavy atom. The van der Waals surface area contributed by atoms with Crippen molar-refractivity contribution in [1.29, 1.82) is 0 Å². The van der Waals surface area contributed by atoms with E-state index in [1.807, 2.05) is 13.0 Å². The van der Waals surface area contributed by atoms with Crippen LogP contribution in [0.1, 0.15) is 55.0 Å². The molecule has 5 heteroatoms. The molecule has 29 heavy (non-hydrogen) atoms. The van der Waals surface area contributed by atoms with Crippen molar-refractivity contribution in [3.63, 3.8) is 0 Å². The molecule has 2 aromatic carbocycles. The molecule has 1 aliphatic heterocycles. The zero-order valence-corrected chi connectivity index (χ0v) is 18.0. The molecule has 0 radical (unpaired) electrons. The highest BCUT2D eigenvalue weighted by molar-refractivity contribution is 6.33. The van der Waals surface area contributed by atoms with Crippen molar-refractivity contribution in [1.82, 2.24) is 10.2 Å². The summed E-state index contributed by atoms with van der Waals surface area (Å²) in [6, 6.07) is 12.8. The Labute approximate surface area is 178 Å². The van der Waals surface area contributed by atoms with E-state index in [0.717, 1.165) is 54.9 Å². The molecule has 0 spiro atoms. The number of nitrogens with zero attached hydrogens (tertiary/aromatic N) is 1. The standard InChI is InChI=1S/C24H29ClN2O2/c1-16(26-17(2)28)20-7-5-18(6-8-20)13-27-12-11-22-21(14-27)9-10-23(24(22)25)29-15-19-3-4-19/h5-10,16,19H,3-4,11-15H2,1-2H3,(H,26,28). The summed E-state index contributed by atoms with van der Waals surface area (Å²) in [5.74, 6) is 1.56. The minimum absolute atomic E-state index is 0.00619. The fourth-order valence-electron chi connectivity index (χ4n) is 3.94. The van der Waals surface area contributed by atoms with Crippen LogP contribution in [0.15, 0.2) is 36.4 Å². The van der Waals surface area contributed by atoms with E-state index in [0.29, 0.717) is 0 Å². The highest BCUT2D eigenvalue weighted by Crippen LogP contribution is 2.36. The number of benzene rings is 2. The normalized spacial score (nSPS) is 17.5. The summed E-state index contributed by atoms with van der Waals surface area (Å²) in [6.45, 7) is 7.15. The first kappa shape index (κ1) is 20.2. The smallest absolute Gasteiger partial charge is 0.217 e. The number of hydrogen-bond acceptors (Lipinski definition) is 3. The molecule has 1 amide bonds. The zero-order chi connectivity index (χ0) is 20.4. The van der Waals surface area contributed by atoms with Crippen molar-refractivity contribution in [2.75, 3.05) is 13.2 Å². The van der Waals surface area contributed by atoms with Crippen LogP contribution in [0.4, 0.5) is 0 Å². The minimum Gasteiger partial charge on any atom is -0.492 e. The van der Waals surface area contributed by atoms with E-state index in [2.05, 4.69) is 40.5 Å². The molecule has 0 saturated heterocycles. The third kappa shape index (κ3) is 5.12. The molecule has 1 heterocycles. The first-order chi connectivity index (χ1) is 14.0. The van der Waals surface area contributed by atoms with Crippen LogP contribution in [0.2, 0.25) is 5.02 Å². The molecule has 1 unspecified atom stereocenters. The van der Waals surface area contributed by atoms with Gasteiger partial charge in [0.05, 0.1) is 17.7 Å². The maximum Gasteiger partial charge on any atom is 0.217 e. The Morgan fingerprint density at radius 3 is 2.69 bits per heavy atom. The molecule has 1 fully saturated rings. The van der Waals surface area contributed by atoms with Crippen LogP contribution in [0.5, 0.6) is 5.75 Å². The molecule has 4 rings (SSSR count). The lowest BCUT2D eigenvalue weighted by molar-refractivity contribution is -0.119. The Balaban J connectivity index is 1.37. The molecule has 1 aliphatic carbocycles. The van der Waals surface area contributed by atoms with Gasteiger partial charge in [-0.15, -0.1) is 0 Å². The van der Waals surface area contributed by atoms with Crippen molar-refractivity contribution >= 4 is 17.5 Å². The van der Waals surface area contributed by atoms with Gasteiger partial charge in [-0.2, -0.15) is 0 Å². The van der Waals surface area contributed by atoms with Crippen LogP contribution in [0, 0.1) is 5.92 Å². The van der Waals surface area contributed by atoms with Crippen LogP contribution in [-0.2, 0) is 24.3 Å². The summed E-state index contributed by atoms with van der Waals surface area (Å²) in [4.78, 5) is 13.7. The van der Waals surface area contributed by atoms with Crippen molar-refractivity contribution in [3.05, 3.63) is 63.7 Å². The van der Waals surface area contributed by atoms with Gasteiger partial charge in [-0.05, 0) is 60.4 Å². The Hall–Kier alpha value is -2.04. The van der Waals surface area contributed by atoms with Gasteiger partial charge in [-0.1, -0.05) is 41.9 Å². The number of fused-ring (bicyclic) bond motifs is 1. The summed E-state index contributed by atoms with van der Waals surface area (Å²) in [5.41, 5.74) is 4.95. The van der Waals surface area contributed by atoms with Crippen molar-refractivity contribution in [2.45, 2.75) is 52.2 Å². The molecule has 0 aromatic heterocycles. The summed E-state index contributed by atoms with van der Waals surface area (Å²) in [5, 5.41) is 3.73. The molecule has 1 N–H and O–H groups in total. The Bertz CT molecular complexity index is 877. The number of ether oxygens (including phenoxy) is 1. The molecule has 4 nitrogen and oxygen atoms in total. The van der Waals surface area contributed by atoms with E-state index in [4.69, 9.17) is 16.3 Å². The van der Waals surface area contributed by atoms with Crippen LogP contribution in [0.25, 0.3) is 0 Å². The second-order valence-electron chi connectivity index (χ2n) is 8.39. The number of rotatable bonds is 7. The number of hydrogen-bond donors (Lipinski definition) is 1. The topological polar surface area (TPSA) is 41.6 Å². The van der Waals surface area contributed by atoms with Crippen LogP contribution >= 0.6 is 11.6 Å². The van der Waals surface area contributed by atoms with Crippen molar-refractivity contribution in [2.24, 2.45) is 5.92 Å². The predicted molar refractivity (Wildman–Crippen MR) is 116 cm³/mol. The monoisotopic (exact) mass is 412 g/mol. The Morgan fingerprint density at radius 2 is 2.00 bits per heavy atom. The van der Waals surface area contributed by atoms with E-state index >= 15 is 0 Å². The molecular formula is C24H29ClN2O2. The summed E-state index contributed by atoms with van der Waals surface area (Å²) in [7, 11) is 0. The second kappa shape index (κ2) is 8.76. The minimum atomic E-state index is -0.00619. The first-order valence-corrected chi connectivity index (χ1v) is 10.9. The zero-order valence-electron chi connectivity index (χ0n) is 17.2. The van der Waals surface area contributed by atoms with Gasteiger partial charge in [0.2, 0.25) is 5.91 Å². The van der Waals surface area contributed by atoms with Gasteiger partial charge in [-0.3, -0.25) is 9.69 Å². The maximum atomic E-state index is 11.2. The lowest BCUT2D eigenvalue weighted by Gasteiger charge is -2.30. The lowest BCUT2D eigenvalue weighted by Crippen LogP contribution is -2.30. The first-order valence-electron chi connectivity index (χ1n) is 10.5.